The van der Waals surface area contributed by atoms with E-state index in [1.54, 1.807) is 24.3 Å². The third kappa shape index (κ3) is 3.37. The minimum atomic E-state index is -3.06. The van der Waals surface area contributed by atoms with Crippen molar-refractivity contribution in [1.29, 1.82) is 0 Å². The molecule has 0 heterocycles. The Morgan fingerprint density at radius 3 is 2.60 bits per heavy atom. The maximum absolute atomic E-state index is 11.6. The van der Waals surface area contributed by atoms with Gasteiger partial charge in [0, 0.05) is 0 Å². The topological polar surface area (TPSA) is 38.5 Å². The van der Waals surface area contributed by atoms with Crippen LogP contribution in [0.2, 0.25) is 0 Å². The molecule has 0 aliphatic heterocycles. The van der Waals surface area contributed by atoms with Gasteiger partial charge in [-0.05, 0) is 12.0 Å². The first-order valence-corrected chi connectivity index (χ1v) is 6.57. The molecule has 1 aromatic rings. The van der Waals surface area contributed by atoms with Crippen LogP contribution in [0, 0.1) is 6.57 Å². The summed E-state index contributed by atoms with van der Waals surface area (Å²) in [4.78, 5) is 3.30. The molecule has 0 aliphatic rings. The van der Waals surface area contributed by atoms with Crippen molar-refractivity contribution in [3.8, 4) is 0 Å². The molecule has 0 unspecified atom stereocenters. The minimum absolute atomic E-state index is 0.0284. The second kappa shape index (κ2) is 4.94. The fourth-order valence-electron chi connectivity index (χ4n) is 1.36. The first-order valence-electron chi connectivity index (χ1n) is 4.75. The van der Waals surface area contributed by atoms with Gasteiger partial charge in [-0.1, -0.05) is 31.2 Å². The highest BCUT2D eigenvalue weighted by molar-refractivity contribution is 7.90. The Morgan fingerprint density at radius 1 is 1.33 bits per heavy atom. The Bertz CT molecular complexity index is 472. The normalized spacial score (nSPS) is 10.9. The quantitative estimate of drug-likeness (QED) is 0.736. The third-order valence-electron chi connectivity index (χ3n) is 2.00. The van der Waals surface area contributed by atoms with E-state index >= 15 is 0 Å². The maximum Gasteiger partial charge on any atom is 0.191 e. The van der Waals surface area contributed by atoms with Gasteiger partial charge in [0.05, 0.1) is 18.1 Å². The average Bonchev–Trinajstić information content (AvgIpc) is 2.17. The Kier molecular flexibility index (Phi) is 3.87. The Balaban J connectivity index is 2.96. The maximum atomic E-state index is 11.6. The molecule has 0 amide bonds. The molecule has 80 valence electrons. The third-order valence-corrected chi connectivity index (χ3v) is 3.78. The fraction of sp³-hybridized carbons (Fsp3) is 0.364. The van der Waals surface area contributed by atoms with Crippen molar-refractivity contribution < 1.29 is 8.42 Å². The number of hydrogen-bond donors (Lipinski definition) is 0. The lowest BCUT2D eigenvalue weighted by Gasteiger charge is -2.04. The molecule has 0 atom stereocenters. The van der Waals surface area contributed by atoms with Gasteiger partial charge in [0.25, 0.3) is 0 Å². The molecule has 0 spiro atoms. The van der Waals surface area contributed by atoms with Gasteiger partial charge in [-0.2, -0.15) is 0 Å². The standard InChI is InChI=1S/C11H13NO2S/c1-3-8-15(13,14)9-10-6-4-5-7-11(10)12-2/h4-7H,3,8-9H2,1H3. The molecule has 4 heteroatoms. The summed E-state index contributed by atoms with van der Waals surface area (Å²) in [5, 5.41) is 0. The zero-order chi connectivity index (χ0) is 11.3. The summed E-state index contributed by atoms with van der Waals surface area (Å²) in [6.45, 7) is 8.76. The van der Waals surface area contributed by atoms with Gasteiger partial charge in [-0.3, -0.25) is 0 Å². The van der Waals surface area contributed by atoms with Crippen molar-refractivity contribution in [3.63, 3.8) is 0 Å². The fourth-order valence-corrected chi connectivity index (χ4v) is 2.85. The number of hydrogen-bond acceptors (Lipinski definition) is 2. The molecule has 0 bridgehead atoms. The van der Waals surface area contributed by atoms with Crippen LogP contribution in [0.15, 0.2) is 24.3 Å². The molecule has 0 N–H and O–H groups in total. The van der Waals surface area contributed by atoms with Gasteiger partial charge in [-0.15, -0.1) is 0 Å². The smallest absolute Gasteiger partial charge is 0.191 e. The highest BCUT2D eigenvalue weighted by atomic mass is 32.2. The summed E-state index contributed by atoms with van der Waals surface area (Å²) >= 11 is 0. The van der Waals surface area contributed by atoms with E-state index in [0.717, 1.165) is 0 Å². The van der Waals surface area contributed by atoms with Crippen molar-refractivity contribution >= 4 is 15.5 Å². The zero-order valence-electron chi connectivity index (χ0n) is 8.60. The van der Waals surface area contributed by atoms with Crippen LogP contribution in [0.4, 0.5) is 5.69 Å². The largest absolute Gasteiger partial charge is 0.238 e. The average molecular weight is 223 g/mol. The molecule has 0 aliphatic carbocycles. The van der Waals surface area contributed by atoms with E-state index in [1.165, 1.54) is 0 Å². The Hall–Kier alpha value is -1.34. The van der Waals surface area contributed by atoms with E-state index in [2.05, 4.69) is 4.85 Å². The lowest BCUT2D eigenvalue weighted by Crippen LogP contribution is -2.08. The van der Waals surface area contributed by atoms with Crippen molar-refractivity contribution in [2.24, 2.45) is 0 Å². The van der Waals surface area contributed by atoms with Crippen molar-refractivity contribution in [2.45, 2.75) is 19.1 Å². The molecular weight excluding hydrogens is 210 g/mol. The number of nitrogens with zero attached hydrogens (tertiary/aromatic N) is 1. The van der Waals surface area contributed by atoms with E-state index < -0.39 is 9.84 Å². The number of benzene rings is 1. The molecule has 1 aromatic carbocycles. The van der Waals surface area contributed by atoms with Crippen molar-refractivity contribution in [1.82, 2.24) is 0 Å². The van der Waals surface area contributed by atoms with Gasteiger partial charge in [0.2, 0.25) is 0 Å². The lowest BCUT2D eigenvalue weighted by molar-refractivity contribution is 0.594. The van der Waals surface area contributed by atoms with Gasteiger partial charge < -0.3 is 0 Å². The molecule has 0 saturated heterocycles. The van der Waals surface area contributed by atoms with E-state index in [1.807, 2.05) is 6.92 Å². The second-order valence-electron chi connectivity index (χ2n) is 3.33. The summed E-state index contributed by atoms with van der Waals surface area (Å²) in [7, 11) is -3.06. The Labute approximate surface area is 90.5 Å². The monoisotopic (exact) mass is 223 g/mol. The van der Waals surface area contributed by atoms with Gasteiger partial charge in [0.15, 0.2) is 15.5 Å². The van der Waals surface area contributed by atoms with Crippen LogP contribution in [-0.4, -0.2) is 14.2 Å². The number of sulfone groups is 1. The summed E-state index contributed by atoms with van der Waals surface area (Å²) < 4.78 is 23.1. The van der Waals surface area contributed by atoms with Gasteiger partial charge in [-0.25, -0.2) is 13.3 Å². The van der Waals surface area contributed by atoms with E-state index in [9.17, 15) is 8.42 Å². The molecule has 0 saturated carbocycles. The summed E-state index contributed by atoms with van der Waals surface area (Å²) in [6, 6.07) is 6.83. The molecule has 1 rings (SSSR count). The van der Waals surface area contributed by atoms with Crippen LogP contribution in [0.1, 0.15) is 18.9 Å². The predicted molar refractivity (Wildman–Crippen MR) is 60.5 cm³/mol. The zero-order valence-corrected chi connectivity index (χ0v) is 9.42. The van der Waals surface area contributed by atoms with Crippen LogP contribution in [0.5, 0.6) is 0 Å². The number of para-hydroxylation sites is 1. The first kappa shape index (κ1) is 11.7. The van der Waals surface area contributed by atoms with Gasteiger partial charge in [0.1, 0.15) is 0 Å². The summed E-state index contributed by atoms with van der Waals surface area (Å²) in [5.74, 6) is 0.152. The van der Waals surface area contributed by atoms with Crippen LogP contribution in [-0.2, 0) is 15.6 Å². The predicted octanol–water partition coefficient (Wildman–Crippen LogP) is 2.56. The molecule has 15 heavy (non-hydrogen) atoms. The summed E-state index contributed by atoms with van der Waals surface area (Å²) in [6.07, 6.45) is 0.614. The van der Waals surface area contributed by atoms with E-state index in [4.69, 9.17) is 6.57 Å². The van der Waals surface area contributed by atoms with Crippen LogP contribution < -0.4 is 0 Å². The highest BCUT2D eigenvalue weighted by Crippen LogP contribution is 2.21. The molecule has 0 aromatic heterocycles. The molecule has 3 nitrogen and oxygen atoms in total. The van der Waals surface area contributed by atoms with E-state index in [-0.39, 0.29) is 11.5 Å². The molecule has 0 radical (unpaired) electrons. The van der Waals surface area contributed by atoms with Crippen LogP contribution in [0.3, 0.4) is 0 Å². The second-order valence-corrected chi connectivity index (χ2v) is 5.52. The van der Waals surface area contributed by atoms with E-state index in [0.29, 0.717) is 17.7 Å². The Morgan fingerprint density at radius 2 is 2.00 bits per heavy atom. The SMILES string of the molecule is [C-]#[N+]c1ccccc1CS(=O)(=O)CCC. The van der Waals surface area contributed by atoms with Crippen molar-refractivity contribution in [2.75, 3.05) is 5.75 Å². The first-order chi connectivity index (χ1) is 7.09. The van der Waals surface area contributed by atoms with Crippen molar-refractivity contribution in [3.05, 3.63) is 41.2 Å². The summed E-state index contributed by atoms with van der Waals surface area (Å²) in [5.41, 5.74) is 1.03. The van der Waals surface area contributed by atoms with Crippen LogP contribution in [0.25, 0.3) is 4.85 Å². The molecular formula is C11H13NO2S. The molecule has 0 fully saturated rings. The number of rotatable bonds is 4. The lowest BCUT2D eigenvalue weighted by atomic mass is 10.2. The van der Waals surface area contributed by atoms with Gasteiger partial charge >= 0.3 is 0 Å². The minimum Gasteiger partial charge on any atom is -0.238 e. The van der Waals surface area contributed by atoms with Crippen LogP contribution >= 0.6 is 0 Å². The highest BCUT2D eigenvalue weighted by Gasteiger charge is 2.12.